The fraction of sp³-hybridized carbons (Fsp3) is 0.200. The van der Waals surface area contributed by atoms with E-state index in [9.17, 15) is 9.50 Å². The molecule has 0 fully saturated rings. The van der Waals surface area contributed by atoms with Crippen molar-refractivity contribution in [1.29, 1.82) is 0 Å². The second kappa shape index (κ2) is 5.09. The summed E-state index contributed by atoms with van der Waals surface area (Å²) < 4.78 is 13.5. The highest BCUT2D eigenvalue weighted by molar-refractivity contribution is 6.30. The van der Waals surface area contributed by atoms with Crippen LogP contribution in [-0.4, -0.2) is 5.11 Å². The van der Waals surface area contributed by atoms with Crippen LogP contribution in [0, 0.1) is 19.7 Å². The largest absolute Gasteiger partial charge is 0.384 e. The Bertz CT molecular complexity index is 540. The molecule has 0 bridgehead atoms. The van der Waals surface area contributed by atoms with Crippen molar-refractivity contribution in [2.24, 2.45) is 0 Å². The summed E-state index contributed by atoms with van der Waals surface area (Å²) in [5.74, 6) is -0.220. The van der Waals surface area contributed by atoms with E-state index in [-0.39, 0.29) is 5.82 Å². The highest BCUT2D eigenvalue weighted by atomic mass is 35.5. The Balaban J connectivity index is 2.39. The lowest BCUT2D eigenvalue weighted by Crippen LogP contribution is -2.02. The quantitative estimate of drug-likeness (QED) is 0.863. The zero-order valence-corrected chi connectivity index (χ0v) is 11.0. The normalized spacial score (nSPS) is 12.5. The van der Waals surface area contributed by atoms with E-state index in [1.165, 1.54) is 0 Å². The average Bonchev–Trinajstić information content (AvgIpc) is 2.35. The second-order valence-electron chi connectivity index (χ2n) is 4.42. The molecule has 0 radical (unpaired) electrons. The highest BCUT2D eigenvalue weighted by Crippen LogP contribution is 2.26. The molecule has 0 saturated heterocycles. The third kappa shape index (κ3) is 2.55. The van der Waals surface area contributed by atoms with Crippen LogP contribution in [-0.2, 0) is 0 Å². The minimum Gasteiger partial charge on any atom is -0.384 e. The monoisotopic (exact) mass is 264 g/mol. The molecule has 2 aromatic carbocycles. The van der Waals surface area contributed by atoms with Crippen molar-refractivity contribution in [3.05, 3.63) is 69.5 Å². The summed E-state index contributed by atoms with van der Waals surface area (Å²) in [5, 5.41) is 10.9. The lowest BCUT2D eigenvalue weighted by atomic mass is 9.97. The van der Waals surface area contributed by atoms with Gasteiger partial charge in [0.05, 0.1) is 0 Å². The van der Waals surface area contributed by atoms with Gasteiger partial charge < -0.3 is 5.11 Å². The van der Waals surface area contributed by atoms with Crippen molar-refractivity contribution >= 4 is 11.6 Å². The van der Waals surface area contributed by atoms with Gasteiger partial charge in [0.1, 0.15) is 11.9 Å². The predicted molar refractivity (Wildman–Crippen MR) is 71.4 cm³/mol. The van der Waals surface area contributed by atoms with Crippen molar-refractivity contribution in [1.82, 2.24) is 0 Å². The Morgan fingerprint density at radius 2 is 1.50 bits per heavy atom. The van der Waals surface area contributed by atoms with Crippen LogP contribution in [0.4, 0.5) is 4.39 Å². The van der Waals surface area contributed by atoms with E-state index in [2.05, 4.69) is 0 Å². The maximum absolute atomic E-state index is 13.5. The van der Waals surface area contributed by atoms with Crippen LogP contribution in [0.2, 0.25) is 5.02 Å². The molecule has 94 valence electrons. The number of aliphatic hydroxyl groups excluding tert-OH is 1. The number of aryl methyl sites for hydroxylation is 2. The van der Waals surface area contributed by atoms with Gasteiger partial charge in [-0.1, -0.05) is 35.9 Å². The van der Waals surface area contributed by atoms with Crippen molar-refractivity contribution < 1.29 is 9.50 Å². The van der Waals surface area contributed by atoms with Crippen LogP contribution < -0.4 is 0 Å². The Kier molecular flexibility index (Phi) is 3.69. The first-order valence-corrected chi connectivity index (χ1v) is 6.07. The molecule has 1 atom stereocenters. The number of rotatable bonds is 2. The summed E-state index contributed by atoms with van der Waals surface area (Å²) in [6.45, 7) is 3.39. The molecule has 1 N–H and O–H groups in total. The predicted octanol–water partition coefficient (Wildman–Crippen LogP) is 4.18. The fourth-order valence-electron chi connectivity index (χ4n) is 1.97. The number of halogens is 2. The van der Waals surface area contributed by atoms with Crippen molar-refractivity contribution in [2.75, 3.05) is 0 Å². The van der Waals surface area contributed by atoms with E-state index in [1.807, 2.05) is 0 Å². The van der Waals surface area contributed by atoms with E-state index in [0.29, 0.717) is 21.7 Å². The Morgan fingerprint density at radius 1 is 1.00 bits per heavy atom. The number of hydrogen-bond donors (Lipinski definition) is 1. The highest BCUT2D eigenvalue weighted by Gasteiger charge is 2.13. The van der Waals surface area contributed by atoms with Crippen molar-refractivity contribution in [3.63, 3.8) is 0 Å². The smallest absolute Gasteiger partial charge is 0.129 e. The first-order valence-electron chi connectivity index (χ1n) is 5.69. The molecule has 0 aliphatic rings. The van der Waals surface area contributed by atoms with Gasteiger partial charge in [-0.3, -0.25) is 0 Å². The molecule has 0 aromatic heterocycles. The lowest BCUT2D eigenvalue weighted by molar-refractivity contribution is 0.220. The molecule has 3 heteroatoms. The third-order valence-electron chi connectivity index (χ3n) is 2.96. The molecule has 0 aliphatic heterocycles. The van der Waals surface area contributed by atoms with Gasteiger partial charge >= 0.3 is 0 Å². The van der Waals surface area contributed by atoms with Crippen LogP contribution in [0.1, 0.15) is 28.4 Å². The van der Waals surface area contributed by atoms with Gasteiger partial charge in [-0.2, -0.15) is 0 Å². The molecule has 0 spiro atoms. The molecular formula is C15H14ClFO. The molecule has 2 aromatic rings. The molecule has 0 saturated carbocycles. The average molecular weight is 265 g/mol. The number of aliphatic hydroxyl groups is 1. The second-order valence-corrected chi connectivity index (χ2v) is 4.86. The van der Waals surface area contributed by atoms with E-state index in [4.69, 9.17) is 11.6 Å². The summed E-state index contributed by atoms with van der Waals surface area (Å²) >= 11 is 5.80. The zero-order valence-electron chi connectivity index (χ0n) is 10.2. The fourth-order valence-corrected chi connectivity index (χ4v) is 2.10. The standard InChI is InChI=1S/C15H14ClFO/c1-9-7-12(8-10(2)14(9)17)15(18)11-3-5-13(16)6-4-11/h3-8,15,18H,1-2H3. The Labute approximate surface area is 111 Å². The van der Waals surface area contributed by atoms with Crippen LogP contribution in [0.5, 0.6) is 0 Å². The lowest BCUT2D eigenvalue weighted by Gasteiger charge is -2.14. The van der Waals surface area contributed by atoms with Gasteiger partial charge in [-0.15, -0.1) is 0 Å². The van der Waals surface area contributed by atoms with Gasteiger partial charge in [0.25, 0.3) is 0 Å². The van der Waals surface area contributed by atoms with Gasteiger partial charge in [-0.25, -0.2) is 4.39 Å². The van der Waals surface area contributed by atoms with Crippen LogP contribution in [0.3, 0.4) is 0 Å². The first kappa shape index (κ1) is 13.1. The van der Waals surface area contributed by atoms with Crippen LogP contribution in [0.25, 0.3) is 0 Å². The van der Waals surface area contributed by atoms with E-state index in [0.717, 1.165) is 5.56 Å². The summed E-state index contributed by atoms with van der Waals surface area (Å²) in [7, 11) is 0. The molecule has 1 nitrogen and oxygen atoms in total. The van der Waals surface area contributed by atoms with Gasteiger partial charge in [-0.05, 0) is 48.2 Å². The van der Waals surface area contributed by atoms with Gasteiger partial charge in [0.15, 0.2) is 0 Å². The molecule has 0 heterocycles. The molecule has 0 amide bonds. The minimum atomic E-state index is -0.764. The first-order chi connectivity index (χ1) is 8.49. The molecule has 0 aliphatic carbocycles. The number of hydrogen-bond acceptors (Lipinski definition) is 1. The molecule has 2 rings (SSSR count). The Morgan fingerprint density at radius 3 is 2.00 bits per heavy atom. The maximum atomic E-state index is 13.5. The van der Waals surface area contributed by atoms with E-state index < -0.39 is 6.10 Å². The summed E-state index contributed by atoms with van der Waals surface area (Å²) in [6.07, 6.45) is -0.764. The molecule has 1 unspecified atom stereocenters. The number of benzene rings is 2. The maximum Gasteiger partial charge on any atom is 0.129 e. The van der Waals surface area contributed by atoms with E-state index >= 15 is 0 Å². The molecular weight excluding hydrogens is 251 g/mol. The third-order valence-corrected chi connectivity index (χ3v) is 3.21. The zero-order chi connectivity index (χ0) is 13.3. The van der Waals surface area contributed by atoms with Crippen molar-refractivity contribution in [2.45, 2.75) is 20.0 Å². The minimum absolute atomic E-state index is 0.220. The van der Waals surface area contributed by atoms with E-state index in [1.54, 1.807) is 50.2 Å². The summed E-state index contributed by atoms with van der Waals surface area (Å²) in [5.41, 5.74) is 2.51. The molecule has 18 heavy (non-hydrogen) atoms. The van der Waals surface area contributed by atoms with Gasteiger partial charge in [0.2, 0.25) is 0 Å². The topological polar surface area (TPSA) is 20.2 Å². The summed E-state index contributed by atoms with van der Waals surface area (Å²) in [4.78, 5) is 0. The SMILES string of the molecule is Cc1cc(C(O)c2ccc(Cl)cc2)cc(C)c1F. The Hall–Kier alpha value is -1.38. The van der Waals surface area contributed by atoms with Gasteiger partial charge in [0, 0.05) is 5.02 Å². The van der Waals surface area contributed by atoms with Crippen molar-refractivity contribution in [3.8, 4) is 0 Å². The van der Waals surface area contributed by atoms with Crippen LogP contribution >= 0.6 is 11.6 Å². The van der Waals surface area contributed by atoms with Crippen LogP contribution in [0.15, 0.2) is 36.4 Å². The summed E-state index contributed by atoms with van der Waals surface area (Å²) in [6, 6.07) is 10.3.